The Kier molecular flexibility index (Phi) is 12.4. The van der Waals surface area contributed by atoms with Gasteiger partial charge in [0.15, 0.2) is 11.5 Å². The Morgan fingerprint density at radius 1 is 0.917 bits per heavy atom. The molecule has 2 atom stereocenters. The van der Waals surface area contributed by atoms with Gasteiger partial charge in [0.05, 0.1) is 6.04 Å². The predicted octanol–water partition coefficient (Wildman–Crippen LogP) is 5.56. The van der Waals surface area contributed by atoms with E-state index in [2.05, 4.69) is 24.1 Å². The number of unbranched alkanes of at least 4 members (excludes halogenated alkanes) is 6. The normalized spacial score (nSPS) is 16.9. The van der Waals surface area contributed by atoms with Crippen molar-refractivity contribution in [3.63, 3.8) is 0 Å². The van der Waals surface area contributed by atoms with Crippen molar-refractivity contribution in [1.82, 2.24) is 10.2 Å². The van der Waals surface area contributed by atoms with Gasteiger partial charge in [-0.25, -0.2) is 0 Å². The molecule has 1 saturated heterocycles. The summed E-state index contributed by atoms with van der Waals surface area (Å²) >= 11 is 0. The molecule has 1 fully saturated rings. The predicted molar refractivity (Wildman–Crippen MR) is 141 cm³/mol. The number of fused-ring (bicyclic) bond motifs is 1. The molecule has 2 aliphatic rings. The van der Waals surface area contributed by atoms with Crippen molar-refractivity contribution in [2.45, 2.75) is 103 Å². The molecule has 2 aliphatic heterocycles. The van der Waals surface area contributed by atoms with Crippen LogP contribution in [0.2, 0.25) is 0 Å². The van der Waals surface area contributed by atoms with E-state index in [1.807, 2.05) is 18.2 Å². The molecule has 36 heavy (non-hydrogen) atoms. The average molecular weight is 503 g/mol. The molecule has 0 aromatic heterocycles. The molecule has 0 spiro atoms. The third kappa shape index (κ3) is 9.30. The lowest BCUT2D eigenvalue weighted by Gasteiger charge is -2.32. The number of amides is 1. The molecule has 0 aliphatic carbocycles. The summed E-state index contributed by atoms with van der Waals surface area (Å²) in [5.74, 6) is 1.17. The fraction of sp³-hybridized carbons (Fsp3) is 0.724. The van der Waals surface area contributed by atoms with Crippen molar-refractivity contribution < 1.29 is 23.8 Å². The number of nitrogens with zero attached hydrogens (tertiary/aromatic N) is 1. The highest BCUT2D eigenvalue weighted by Crippen LogP contribution is 2.35. The van der Waals surface area contributed by atoms with Crippen LogP contribution >= 0.6 is 0 Å². The summed E-state index contributed by atoms with van der Waals surface area (Å²) in [5, 5.41) is 3.26. The van der Waals surface area contributed by atoms with Gasteiger partial charge in [-0.3, -0.25) is 9.59 Å². The number of ether oxygens (including phenoxy) is 3. The number of benzene rings is 1. The minimum atomic E-state index is -0.584. The van der Waals surface area contributed by atoms with Crippen molar-refractivity contribution >= 4 is 11.9 Å². The maximum atomic E-state index is 13.0. The van der Waals surface area contributed by atoms with Crippen LogP contribution < -0.4 is 14.8 Å². The van der Waals surface area contributed by atoms with Crippen LogP contribution in [0.25, 0.3) is 0 Å². The van der Waals surface area contributed by atoms with Gasteiger partial charge in [-0.2, -0.15) is 0 Å². The zero-order chi connectivity index (χ0) is 25.6. The smallest absolute Gasteiger partial charge is 0.306 e. The molecule has 0 bridgehead atoms. The molecule has 202 valence electrons. The maximum absolute atomic E-state index is 13.0. The minimum absolute atomic E-state index is 0.0280. The summed E-state index contributed by atoms with van der Waals surface area (Å²) in [6.45, 7) is 7.98. The van der Waals surface area contributed by atoms with Gasteiger partial charge < -0.3 is 24.4 Å². The number of carbonyl (C=O) groups excluding carboxylic acids is 2. The van der Waals surface area contributed by atoms with Crippen LogP contribution in [-0.2, 0) is 14.3 Å². The van der Waals surface area contributed by atoms with Crippen LogP contribution in [0.5, 0.6) is 11.5 Å². The number of carbonyl (C=O) groups is 2. The first-order chi connectivity index (χ1) is 17.6. The van der Waals surface area contributed by atoms with Crippen molar-refractivity contribution in [2.75, 3.05) is 32.8 Å². The van der Waals surface area contributed by atoms with Crippen LogP contribution in [-0.4, -0.2) is 55.7 Å². The van der Waals surface area contributed by atoms with Crippen LogP contribution in [0.1, 0.15) is 103 Å². The van der Waals surface area contributed by atoms with Crippen LogP contribution in [0.15, 0.2) is 18.2 Å². The second-order valence-corrected chi connectivity index (χ2v) is 10.1. The minimum Gasteiger partial charge on any atom is -0.486 e. The lowest BCUT2D eigenvalue weighted by molar-refractivity contribution is -0.152. The van der Waals surface area contributed by atoms with Crippen LogP contribution in [0.4, 0.5) is 0 Å². The third-order valence-electron chi connectivity index (χ3n) is 7.01. The molecule has 1 N–H and O–H groups in total. The maximum Gasteiger partial charge on any atom is 0.306 e. The van der Waals surface area contributed by atoms with Crippen LogP contribution in [0.3, 0.4) is 0 Å². The number of hydrogen-bond donors (Lipinski definition) is 1. The van der Waals surface area contributed by atoms with Crippen molar-refractivity contribution in [1.29, 1.82) is 0 Å². The highest BCUT2D eigenvalue weighted by Gasteiger charge is 2.32. The first-order valence-electron chi connectivity index (χ1n) is 14.2. The Morgan fingerprint density at radius 2 is 1.58 bits per heavy atom. The molecular formula is C29H46N2O5. The standard InChI is InChI=1S/C29H46N2O5/c1-3-5-7-8-10-13-27(32)30-24(22-31-17-11-12-18-31)29(36-28(33)14-9-6-4-2)23-15-16-25-26(21-23)35-20-19-34-25/h15-16,21,24,29H,3-14,17-20,22H2,1-2H3,(H,30,32). The molecule has 2 unspecified atom stereocenters. The molecule has 3 rings (SSSR count). The summed E-state index contributed by atoms with van der Waals surface area (Å²) in [7, 11) is 0. The quantitative estimate of drug-likeness (QED) is 0.235. The van der Waals surface area contributed by atoms with E-state index in [1.54, 1.807) is 0 Å². The monoisotopic (exact) mass is 502 g/mol. The molecule has 7 nitrogen and oxygen atoms in total. The van der Waals surface area contributed by atoms with E-state index >= 15 is 0 Å². The summed E-state index contributed by atoms with van der Waals surface area (Å²) in [6.07, 6.45) is 11.0. The summed E-state index contributed by atoms with van der Waals surface area (Å²) in [5.41, 5.74) is 0.829. The third-order valence-corrected chi connectivity index (χ3v) is 7.01. The second-order valence-electron chi connectivity index (χ2n) is 10.1. The van der Waals surface area contributed by atoms with Gasteiger partial charge in [-0.1, -0.05) is 58.4 Å². The van der Waals surface area contributed by atoms with E-state index in [1.165, 1.54) is 12.8 Å². The molecule has 1 aromatic rings. The lowest BCUT2D eigenvalue weighted by Crippen LogP contribution is -2.47. The highest BCUT2D eigenvalue weighted by atomic mass is 16.6. The number of rotatable bonds is 16. The first kappa shape index (κ1) is 28.3. The summed E-state index contributed by atoms with van der Waals surface area (Å²) in [4.78, 5) is 28.3. The van der Waals surface area contributed by atoms with Gasteiger partial charge in [-0.15, -0.1) is 0 Å². The number of esters is 1. The van der Waals surface area contributed by atoms with E-state index in [0.717, 1.165) is 70.0 Å². The van der Waals surface area contributed by atoms with Gasteiger partial charge in [0.1, 0.15) is 19.3 Å². The molecule has 0 saturated carbocycles. The van der Waals surface area contributed by atoms with Crippen molar-refractivity contribution in [2.24, 2.45) is 0 Å². The van der Waals surface area contributed by atoms with Gasteiger partial charge in [-0.05, 0) is 56.5 Å². The van der Waals surface area contributed by atoms with E-state index in [9.17, 15) is 9.59 Å². The Morgan fingerprint density at radius 3 is 2.33 bits per heavy atom. The lowest BCUT2D eigenvalue weighted by atomic mass is 9.99. The summed E-state index contributed by atoms with van der Waals surface area (Å²) in [6, 6.07) is 5.39. The largest absolute Gasteiger partial charge is 0.486 e. The topological polar surface area (TPSA) is 77.1 Å². The van der Waals surface area contributed by atoms with E-state index in [-0.39, 0.29) is 17.9 Å². The average Bonchev–Trinajstić information content (AvgIpc) is 3.40. The van der Waals surface area contributed by atoms with Crippen molar-refractivity contribution in [3.8, 4) is 11.5 Å². The SMILES string of the molecule is CCCCCCCC(=O)NC(CN1CCCC1)C(OC(=O)CCCCC)c1ccc2c(c1)OCCO2. The molecule has 2 heterocycles. The zero-order valence-corrected chi connectivity index (χ0v) is 22.4. The van der Waals surface area contributed by atoms with Gasteiger partial charge in [0.2, 0.25) is 5.91 Å². The summed E-state index contributed by atoms with van der Waals surface area (Å²) < 4.78 is 17.6. The van der Waals surface area contributed by atoms with Gasteiger partial charge in [0, 0.05) is 19.4 Å². The number of hydrogen-bond acceptors (Lipinski definition) is 6. The Labute approximate surface area is 217 Å². The molecule has 1 amide bonds. The van der Waals surface area contributed by atoms with E-state index < -0.39 is 6.10 Å². The molecule has 1 aromatic carbocycles. The van der Waals surface area contributed by atoms with Crippen molar-refractivity contribution in [3.05, 3.63) is 23.8 Å². The fourth-order valence-electron chi connectivity index (χ4n) is 4.97. The Bertz CT molecular complexity index is 809. The zero-order valence-electron chi connectivity index (χ0n) is 22.4. The number of likely N-dealkylation sites (tertiary alicyclic amines) is 1. The Balaban J connectivity index is 1.77. The van der Waals surface area contributed by atoms with Crippen LogP contribution in [0, 0.1) is 0 Å². The van der Waals surface area contributed by atoms with Gasteiger partial charge >= 0.3 is 5.97 Å². The fourth-order valence-corrected chi connectivity index (χ4v) is 4.97. The Hall–Kier alpha value is -2.28. The van der Waals surface area contributed by atoms with E-state index in [4.69, 9.17) is 14.2 Å². The second kappa shape index (κ2) is 15.7. The molecule has 0 radical (unpaired) electrons. The molecule has 7 heteroatoms. The van der Waals surface area contributed by atoms with Gasteiger partial charge in [0.25, 0.3) is 0 Å². The molecular weight excluding hydrogens is 456 g/mol. The highest BCUT2D eigenvalue weighted by molar-refractivity contribution is 5.76. The number of nitrogens with one attached hydrogen (secondary N) is 1. The first-order valence-corrected chi connectivity index (χ1v) is 14.2. The van der Waals surface area contributed by atoms with E-state index in [0.29, 0.717) is 44.1 Å².